The van der Waals surface area contributed by atoms with Crippen molar-refractivity contribution in [3.05, 3.63) is 43.9 Å². The van der Waals surface area contributed by atoms with Gasteiger partial charge in [0.05, 0.1) is 15.8 Å². The molecule has 2 aromatic rings. The molecule has 14 heavy (non-hydrogen) atoms. The lowest BCUT2D eigenvalue weighted by molar-refractivity contribution is 0.192. The molecule has 0 fully saturated rings. The summed E-state index contributed by atoms with van der Waals surface area (Å²) in [6.45, 7) is 0. The monoisotopic (exact) mass is 292 g/mol. The predicted molar refractivity (Wildman–Crippen MR) is 59.8 cm³/mol. The van der Waals surface area contributed by atoms with Crippen LogP contribution in [0.4, 0.5) is 0 Å². The summed E-state index contributed by atoms with van der Waals surface area (Å²) in [7, 11) is 0. The summed E-state index contributed by atoms with van der Waals surface area (Å²) in [5.74, 6) is 0.503. The number of rotatable bonds is 2. The zero-order valence-corrected chi connectivity index (χ0v) is 10.1. The average molecular weight is 294 g/mol. The Bertz CT molecular complexity index is 437. The van der Waals surface area contributed by atoms with Gasteiger partial charge in [0, 0.05) is 10.3 Å². The van der Waals surface area contributed by atoms with Gasteiger partial charge in [-0.1, -0.05) is 11.6 Å². The topological polar surface area (TPSA) is 33.4 Å². The summed E-state index contributed by atoms with van der Waals surface area (Å²) in [5, 5.41) is 12.3. The summed E-state index contributed by atoms with van der Waals surface area (Å²) in [6.07, 6.45) is 0.773. The van der Waals surface area contributed by atoms with Gasteiger partial charge in [-0.15, -0.1) is 11.3 Å². The highest BCUT2D eigenvalue weighted by atomic mass is 79.9. The zero-order chi connectivity index (χ0) is 10.1. The Morgan fingerprint density at radius 1 is 1.57 bits per heavy atom. The fourth-order valence-corrected chi connectivity index (χ4v) is 2.58. The van der Waals surface area contributed by atoms with E-state index >= 15 is 0 Å². The molecule has 0 bridgehead atoms. The van der Waals surface area contributed by atoms with Gasteiger partial charge in [0.2, 0.25) is 0 Å². The fraction of sp³-hybridized carbons (Fsp3) is 0.111. The largest absolute Gasteiger partial charge is 0.465 e. The molecule has 0 radical (unpaired) electrons. The smallest absolute Gasteiger partial charge is 0.151 e. The number of furan rings is 1. The van der Waals surface area contributed by atoms with Crippen LogP contribution in [0.2, 0.25) is 5.02 Å². The highest BCUT2D eigenvalue weighted by molar-refractivity contribution is 9.10. The first kappa shape index (κ1) is 10.2. The van der Waals surface area contributed by atoms with Crippen LogP contribution >= 0.6 is 38.9 Å². The van der Waals surface area contributed by atoms with Crippen molar-refractivity contribution in [2.24, 2.45) is 0 Å². The fourth-order valence-electron chi connectivity index (χ4n) is 1.10. The third-order valence-corrected chi connectivity index (χ3v) is 3.74. The first-order valence-electron chi connectivity index (χ1n) is 3.83. The highest BCUT2D eigenvalue weighted by Gasteiger charge is 2.18. The molecule has 74 valence electrons. The van der Waals surface area contributed by atoms with Crippen molar-refractivity contribution in [3.63, 3.8) is 0 Å². The quantitative estimate of drug-likeness (QED) is 0.912. The Morgan fingerprint density at radius 2 is 2.36 bits per heavy atom. The van der Waals surface area contributed by atoms with Gasteiger partial charge in [-0.2, -0.15) is 0 Å². The van der Waals surface area contributed by atoms with Crippen LogP contribution in [0, 0.1) is 0 Å². The molecule has 0 saturated heterocycles. The molecule has 1 atom stereocenters. The second-order valence-electron chi connectivity index (χ2n) is 2.70. The number of thiophene rings is 1. The summed E-state index contributed by atoms with van der Waals surface area (Å²) in [4.78, 5) is 0.769. The number of hydrogen-bond donors (Lipinski definition) is 1. The van der Waals surface area contributed by atoms with Crippen molar-refractivity contribution in [2.75, 3.05) is 0 Å². The van der Waals surface area contributed by atoms with E-state index in [2.05, 4.69) is 15.9 Å². The van der Waals surface area contributed by atoms with E-state index in [0.717, 1.165) is 9.35 Å². The summed E-state index contributed by atoms with van der Waals surface area (Å²) < 4.78 is 5.92. The van der Waals surface area contributed by atoms with Crippen molar-refractivity contribution in [1.29, 1.82) is 0 Å². The van der Waals surface area contributed by atoms with Gasteiger partial charge in [0.1, 0.15) is 6.10 Å². The second kappa shape index (κ2) is 4.06. The van der Waals surface area contributed by atoms with Crippen LogP contribution in [0.3, 0.4) is 0 Å². The number of hydrogen-bond acceptors (Lipinski definition) is 3. The molecule has 0 saturated carbocycles. The molecule has 2 rings (SSSR count). The minimum absolute atomic E-state index is 0.503. The van der Waals surface area contributed by atoms with Crippen LogP contribution in [-0.2, 0) is 0 Å². The predicted octanol–water partition coefficient (Wildman–Crippen LogP) is 3.84. The molecule has 5 heteroatoms. The molecule has 1 N–H and O–H groups in total. The van der Waals surface area contributed by atoms with Gasteiger partial charge in [0.15, 0.2) is 5.76 Å². The van der Waals surface area contributed by atoms with Gasteiger partial charge in [0.25, 0.3) is 0 Å². The van der Waals surface area contributed by atoms with Crippen molar-refractivity contribution < 1.29 is 9.52 Å². The lowest BCUT2D eigenvalue weighted by Gasteiger charge is -2.04. The molecular formula is C9H6BrClO2S. The van der Waals surface area contributed by atoms with Crippen molar-refractivity contribution >= 4 is 38.9 Å². The van der Waals surface area contributed by atoms with Crippen molar-refractivity contribution in [1.82, 2.24) is 0 Å². The van der Waals surface area contributed by atoms with E-state index in [1.807, 2.05) is 0 Å². The van der Waals surface area contributed by atoms with Gasteiger partial charge < -0.3 is 9.52 Å². The first-order chi connectivity index (χ1) is 6.68. The van der Waals surface area contributed by atoms with Crippen LogP contribution in [0.5, 0.6) is 0 Å². The van der Waals surface area contributed by atoms with E-state index in [9.17, 15) is 5.11 Å². The summed E-state index contributed by atoms with van der Waals surface area (Å²) >= 11 is 10.5. The maximum Gasteiger partial charge on any atom is 0.151 e. The average Bonchev–Trinajstić information content (AvgIpc) is 2.73. The Balaban J connectivity index is 2.33. The van der Waals surface area contributed by atoms with Crippen LogP contribution < -0.4 is 0 Å². The normalized spacial score (nSPS) is 13.1. The van der Waals surface area contributed by atoms with Gasteiger partial charge in [-0.25, -0.2) is 0 Å². The molecule has 0 spiro atoms. The molecular weight excluding hydrogens is 288 g/mol. The molecule has 0 aliphatic carbocycles. The molecule has 2 aromatic heterocycles. The number of halogens is 2. The third kappa shape index (κ3) is 1.88. The molecule has 2 heterocycles. The van der Waals surface area contributed by atoms with E-state index < -0.39 is 6.10 Å². The number of aliphatic hydroxyl groups excluding tert-OH is 1. The van der Waals surface area contributed by atoms with E-state index in [1.54, 1.807) is 17.5 Å². The SMILES string of the molecule is OC(c1cc(Cl)cs1)c1occc1Br. The van der Waals surface area contributed by atoms with E-state index in [-0.39, 0.29) is 0 Å². The van der Waals surface area contributed by atoms with Crippen LogP contribution in [0.1, 0.15) is 16.7 Å². The van der Waals surface area contributed by atoms with Gasteiger partial charge in [-0.05, 0) is 28.1 Å². The lowest BCUT2D eigenvalue weighted by Crippen LogP contribution is -1.95. The minimum atomic E-state index is -0.753. The van der Waals surface area contributed by atoms with Gasteiger partial charge in [-0.3, -0.25) is 0 Å². The lowest BCUT2D eigenvalue weighted by atomic mass is 10.2. The zero-order valence-electron chi connectivity index (χ0n) is 6.91. The Hall–Kier alpha value is -0.290. The molecule has 2 nitrogen and oxygen atoms in total. The van der Waals surface area contributed by atoms with Crippen LogP contribution in [0.15, 0.2) is 32.7 Å². The standard InChI is InChI=1S/C9H6BrClO2S/c10-6-1-2-13-9(6)8(12)7-3-5(11)4-14-7/h1-4,8,12H. The van der Waals surface area contributed by atoms with E-state index in [4.69, 9.17) is 16.0 Å². The second-order valence-corrected chi connectivity index (χ2v) is 4.94. The molecule has 0 aromatic carbocycles. The molecule has 0 amide bonds. The molecule has 1 unspecified atom stereocenters. The summed E-state index contributed by atoms with van der Waals surface area (Å²) in [5.41, 5.74) is 0. The number of aliphatic hydroxyl groups is 1. The minimum Gasteiger partial charge on any atom is -0.465 e. The third-order valence-electron chi connectivity index (χ3n) is 1.75. The molecule has 0 aliphatic heterocycles. The Morgan fingerprint density at radius 3 is 2.86 bits per heavy atom. The van der Waals surface area contributed by atoms with Crippen molar-refractivity contribution in [3.8, 4) is 0 Å². The maximum absolute atomic E-state index is 9.90. The Kier molecular flexibility index (Phi) is 2.97. The molecule has 0 aliphatic rings. The summed E-state index contributed by atoms with van der Waals surface area (Å²) in [6, 6.07) is 3.47. The maximum atomic E-state index is 9.90. The highest BCUT2D eigenvalue weighted by Crippen LogP contribution is 2.33. The Labute approximate surface area is 98.3 Å². The van der Waals surface area contributed by atoms with Crippen molar-refractivity contribution in [2.45, 2.75) is 6.10 Å². The van der Waals surface area contributed by atoms with Crippen LogP contribution in [-0.4, -0.2) is 5.11 Å². The first-order valence-corrected chi connectivity index (χ1v) is 5.88. The van der Waals surface area contributed by atoms with Gasteiger partial charge >= 0.3 is 0 Å². The van der Waals surface area contributed by atoms with Crippen LogP contribution in [0.25, 0.3) is 0 Å². The van der Waals surface area contributed by atoms with E-state index in [0.29, 0.717) is 10.8 Å². The van der Waals surface area contributed by atoms with E-state index in [1.165, 1.54) is 17.6 Å².